The van der Waals surface area contributed by atoms with Gasteiger partial charge in [-0.05, 0) is 38.3 Å². The molecule has 0 saturated carbocycles. The van der Waals surface area contributed by atoms with Crippen LogP contribution in [0.3, 0.4) is 0 Å². The van der Waals surface area contributed by atoms with Crippen molar-refractivity contribution in [1.29, 1.82) is 0 Å². The van der Waals surface area contributed by atoms with Gasteiger partial charge in [-0.15, -0.1) is 0 Å². The molecule has 0 atom stereocenters. The van der Waals surface area contributed by atoms with E-state index in [0.717, 1.165) is 5.56 Å². The van der Waals surface area contributed by atoms with E-state index >= 15 is 0 Å². The average molecular weight is 263 g/mol. The van der Waals surface area contributed by atoms with Crippen LogP contribution in [0.2, 0.25) is 10.0 Å². The zero-order valence-electron chi connectivity index (χ0n) is 9.68. The van der Waals surface area contributed by atoms with Gasteiger partial charge in [-0.2, -0.15) is 0 Å². The van der Waals surface area contributed by atoms with Crippen molar-refractivity contribution in [1.82, 2.24) is 0 Å². The van der Waals surface area contributed by atoms with Gasteiger partial charge in [0.2, 0.25) is 0 Å². The summed E-state index contributed by atoms with van der Waals surface area (Å²) in [6, 6.07) is 3.48. The van der Waals surface area contributed by atoms with Crippen LogP contribution in [0.1, 0.15) is 25.8 Å². The highest BCUT2D eigenvalue weighted by molar-refractivity contribution is 6.34. The van der Waals surface area contributed by atoms with Gasteiger partial charge in [0.25, 0.3) is 0 Å². The minimum Gasteiger partial charge on any atom is -0.495 e. The number of halogens is 2. The molecular weight excluding hydrogens is 247 g/mol. The molecule has 90 valence electrons. The van der Waals surface area contributed by atoms with E-state index in [9.17, 15) is 5.11 Å². The van der Waals surface area contributed by atoms with Crippen LogP contribution < -0.4 is 4.74 Å². The van der Waals surface area contributed by atoms with E-state index in [-0.39, 0.29) is 0 Å². The third-order valence-electron chi connectivity index (χ3n) is 2.33. The van der Waals surface area contributed by atoms with E-state index < -0.39 is 5.60 Å². The Labute approximate surface area is 106 Å². The summed E-state index contributed by atoms with van der Waals surface area (Å²) < 4.78 is 5.06. The highest BCUT2D eigenvalue weighted by Crippen LogP contribution is 2.32. The molecule has 0 heterocycles. The predicted molar refractivity (Wildman–Crippen MR) is 67.6 cm³/mol. The van der Waals surface area contributed by atoms with Crippen LogP contribution in [-0.2, 0) is 6.42 Å². The fourth-order valence-corrected chi connectivity index (χ4v) is 1.87. The van der Waals surface area contributed by atoms with Gasteiger partial charge in [0.15, 0.2) is 0 Å². The van der Waals surface area contributed by atoms with Crippen molar-refractivity contribution in [3.63, 3.8) is 0 Å². The molecule has 1 N–H and O–H groups in total. The van der Waals surface area contributed by atoms with Crippen LogP contribution in [0.15, 0.2) is 12.1 Å². The quantitative estimate of drug-likeness (QED) is 0.897. The van der Waals surface area contributed by atoms with Gasteiger partial charge in [-0.25, -0.2) is 0 Å². The van der Waals surface area contributed by atoms with Crippen LogP contribution in [0.25, 0.3) is 0 Å². The Morgan fingerprint density at radius 2 is 1.88 bits per heavy atom. The van der Waals surface area contributed by atoms with E-state index in [2.05, 4.69) is 0 Å². The largest absolute Gasteiger partial charge is 0.495 e. The minimum absolute atomic E-state index is 0.539. The Morgan fingerprint density at radius 1 is 1.25 bits per heavy atom. The van der Waals surface area contributed by atoms with Gasteiger partial charge in [0.1, 0.15) is 5.75 Å². The molecule has 0 spiro atoms. The lowest BCUT2D eigenvalue weighted by molar-refractivity contribution is 0.0714. The molecule has 0 fully saturated rings. The number of rotatable bonds is 4. The Hall–Kier alpha value is -0.440. The molecule has 0 amide bonds. The van der Waals surface area contributed by atoms with Gasteiger partial charge in [0, 0.05) is 11.1 Å². The molecule has 0 bridgehead atoms. The summed E-state index contributed by atoms with van der Waals surface area (Å²) >= 11 is 12.1. The molecule has 16 heavy (non-hydrogen) atoms. The Morgan fingerprint density at radius 3 is 2.38 bits per heavy atom. The Kier molecular flexibility index (Phi) is 4.48. The molecule has 0 aliphatic rings. The first-order chi connectivity index (χ1) is 7.33. The molecule has 1 aromatic rings. The first-order valence-electron chi connectivity index (χ1n) is 5.08. The normalized spacial score (nSPS) is 11.6. The maximum atomic E-state index is 9.64. The van der Waals surface area contributed by atoms with Gasteiger partial charge in [-0.3, -0.25) is 0 Å². The fraction of sp³-hybridized carbons (Fsp3) is 0.500. The van der Waals surface area contributed by atoms with Crippen LogP contribution in [0.4, 0.5) is 0 Å². The van der Waals surface area contributed by atoms with Crippen molar-refractivity contribution in [2.24, 2.45) is 0 Å². The van der Waals surface area contributed by atoms with E-state index in [4.69, 9.17) is 27.9 Å². The van der Waals surface area contributed by atoms with Crippen LogP contribution in [0.5, 0.6) is 5.75 Å². The van der Waals surface area contributed by atoms with Crippen molar-refractivity contribution in [3.05, 3.63) is 27.7 Å². The molecule has 4 heteroatoms. The summed E-state index contributed by atoms with van der Waals surface area (Å²) in [4.78, 5) is 0. The van der Waals surface area contributed by atoms with Crippen LogP contribution in [0, 0.1) is 0 Å². The lowest BCUT2D eigenvalue weighted by Crippen LogP contribution is -2.19. The Bertz CT molecular complexity index is 370. The topological polar surface area (TPSA) is 29.5 Å². The first kappa shape index (κ1) is 13.6. The molecule has 0 aliphatic heterocycles. The summed E-state index contributed by atoms with van der Waals surface area (Å²) in [5.41, 5.74) is 0.227. The number of hydrogen-bond donors (Lipinski definition) is 1. The predicted octanol–water partition coefficient (Wildman–Crippen LogP) is 3.71. The van der Waals surface area contributed by atoms with E-state index in [1.165, 1.54) is 0 Å². The van der Waals surface area contributed by atoms with Gasteiger partial charge in [-0.1, -0.05) is 23.2 Å². The molecule has 0 saturated heterocycles. The van der Waals surface area contributed by atoms with Gasteiger partial charge in [0.05, 0.1) is 17.7 Å². The molecule has 0 unspecified atom stereocenters. The molecule has 0 aliphatic carbocycles. The third-order valence-corrected chi connectivity index (χ3v) is 2.97. The minimum atomic E-state index is -0.699. The number of hydrogen-bond acceptors (Lipinski definition) is 2. The standard InChI is InChI=1S/C12H16Cl2O2/c1-12(2,15)5-4-8-6-10(14)11(16-3)7-9(8)13/h6-7,15H,4-5H2,1-3H3. The molecular formula is C12H16Cl2O2. The number of methoxy groups -OCH3 is 1. The van der Waals surface area contributed by atoms with E-state index in [1.807, 2.05) is 0 Å². The molecule has 0 radical (unpaired) electrons. The van der Waals surface area contributed by atoms with Crippen molar-refractivity contribution in [2.75, 3.05) is 7.11 Å². The number of aliphatic hydroxyl groups is 1. The summed E-state index contributed by atoms with van der Waals surface area (Å²) in [5.74, 6) is 0.568. The second-order valence-electron chi connectivity index (χ2n) is 4.39. The van der Waals surface area contributed by atoms with Gasteiger partial charge >= 0.3 is 0 Å². The summed E-state index contributed by atoms with van der Waals surface area (Å²) in [6.45, 7) is 3.54. The Balaban J connectivity index is 2.86. The third kappa shape index (κ3) is 3.85. The molecule has 0 aromatic heterocycles. The molecule has 2 nitrogen and oxygen atoms in total. The van der Waals surface area contributed by atoms with Crippen molar-refractivity contribution < 1.29 is 9.84 Å². The van der Waals surface area contributed by atoms with Crippen LogP contribution >= 0.6 is 23.2 Å². The highest BCUT2D eigenvalue weighted by Gasteiger charge is 2.14. The summed E-state index contributed by atoms with van der Waals surface area (Å²) in [7, 11) is 1.55. The van der Waals surface area contributed by atoms with Crippen molar-refractivity contribution in [2.45, 2.75) is 32.3 Å². The van der Waals surface area contributed by atoms with E-state index in [1.54, 1.807) is 33.1 Å². The summed E-state index contributed by atoms with van der Waals surface area (Å²) in [5, 5.41) is 10.8. The first-order valence-corrected chi connectivity index (χ1v) is 5.83. The molecule has 1 rings (SSSR count). The number of benzene rings is 1. The van der Waals surface area contributed by atoms with Gasteiger partial charge < -0.3 is 9.84 Å². The lowest BCUT2D eigenvalue weighted by atomic mass is 9.99. The SMILES string of the molecule is COc1cc(Cl)c(CCC(C)(C)O)cc1Cl. The number of aryl methyl sites for hydroxylation is 1. The summed E-state index contributed by atoms with van der Waals surface area (Å²) in [6.07, 6.45) is 1.32. The van der Waals surface area contributed by atoms with Crippen LogP contribution in [-0.4, -0.2) is 17.8 Å². The monoisotopic (exact) mass is 262 g/mol. The smallest absolute Gasteiger partial charge is 0.138 e. The zero-order chi connectivity index (χ0) is 12.3. The lowest BCUT2D eigenvalue weighted by Gasteiger charge is -2.17. The average Bonchev–Trinajstić information content (AvgIpc) is 2.17. The van der Waals surface area contributed by atoms with Crippen molar-refractivity contribution >= 4 is 23.2 Å². The maximum Gasteiger partial charge on any atom is 0.138 e. The second-order valence-corrected chi connectivity index (χ2v) is 5.20. The molecule has 1 aromatic carbocycles. The zero-order valence-corrected chi connectivity index (χ0v) is 11.2. The maximum absolute atomic E-state index is 9.64. The highest BCUT2D eigenvalue weighted by atomic mass is 35.5. The van der Waals surface area contributed by atoms with E-state index in [0.29, 0.717) is 28.6 Å². The second kappa shape index (κ2) is 5.26. The van der Waals surface area contributed by atoms with Crippen molar-refractivity contribution in [3.8, 4) is 5.75 Å². The fourth-order valence-electron chi connectivity index (χ4n) is 1.36. The number of ether oxygens (including phenoxy) is 1.